The van der Waals surface area contributed by atoms with E-state index in [1.54, 1.807) is 0 Å². The third kappa shape index (κ3) is 6.04. The molecule has 0 atom stereocenters. The second-order valence-corrected chi connectivity index (χ2v) is 14.1. The fourth-order valence-electron chi connectivity index (χ4n) is 8.14. The van der Waals surface area contributed by atoms with E-state index in [4.69, 9.17) is 0 Å². The maximum absolute atomic E-state index is 2.47. The maximum atomic E-state index is 2.47. The van der Waals surface area contributed by atoms with Crippen molar-refractivity contribution < 1.29 is 0 Å². The van der Waals surface area contributed by atoms with Crippen LogP contribution in [0, 0.1) is 0 Å². The van der Waals surface area contributed by atoms with Crippen LogP contribution in [0.1, 0.15) is 0 Å². The molecule has 10 aromatic rings. The summed E-state index contributed by atoms with van der Waals surface area (Å²) in [5.74, 6) is 0. The molecule has 0 aliphatic rings. The fourth-order valence-corrected chi connectivity index (χ4v) is 8.14. The molecule has 0 spiro atoms. The molecular weight excluding hydrogens is 677 g/mol. The van der Waals surface area contributed by atoms with E-state index < -0.39 is 0 Å². The standard InChI is InChI=1S/C54H38N2/c1-5-17-39(18-6-1)41-29-31-43(32-30-41)47-25-13-15-27-51(47)56(53-37-44(40-19-7-2-8-20-40)33-35-48(53)42-21-9-3-10-22-42)46-34-36-50-49-26-14-16-28-52(49)55(54(50)38-46)45-23-11-4-12-24-45/h1-38H. The summed E-state index contributed by atoms with van der Waals surface area (Å²) in [5, 5.41) is 2.46. The summed E-state index contributed by atoms with van der Waals surface area (Å²) in [4.78, 5) is 2.47. The van der Waals surface area contributed by atoms with Gasteiger partial charge in [0.15, 0.2) is 0 Å². The monoisotopic (exact) mass is 714 g/mol. The SMILES string of the molecule is c1ccc(-c2ccc(-c3ccccc3N(c3ccc4c5ccccc5n(-c5ccccc5)c4c3)c3cc(-c4ccccc4)ccc3-c3ccccc3)cc2)cc1. The summed E-state index contributed by atoms with van der Waals surface area (Å²) in [6.45, 7) is 0. The molecule has 1 aromatic heterocycles. The Bertz CT molecular complexity index is 2930. The molecule has 56 heavy (non-hydrogen) atoms. The molecule has 264 valence electrons. The van der Waals surface area contributed by atoms with Gasteiger partial charge in [-0.2, -0.15) is 0 Å². The molecule has 0 saturated carbocycles. The second kappa shape index (κ2) is 14.4. The molecule has 0 unspecified atom stereocenters. The molecular formula is C54H38N2. The van der Waals surface area contributed by atoms with Crippen molar-refractivity contribution in [2.75, 3.05) is 4.90 Å². The average molecular weight is 715 g/mol. The minimum atomic E-state index is 1.08. The molecule has 0 fully saturated rings. The first-order valence-corrected chi connectivity index (χ1v) is 19.2. The number of hydrogen-bond acceptors (Lipinski definition) is 1. The first-order chi connectivity index (χ1) is 27.8. The zero-order chi connectivity index (χ0) is 37.3. The summed E-state index contributed by atoms with van der Waals surface area (Å²) in [5.41, 5.74) is 16.1. The summed E-state index contributed by atoms with van der Waals surface area (Å²) >= 11 is 0. The number of nitrogens with zero attached hydrogens (tertiary/aromatic N) is 2. The number of hydrogen-bond donors (Lipinski definition) is 0. The van der Waals surface area contributed by atoms with Crippen LogP contribution in [-0.2, 0) is 0 Å². The molecule has 0 amide bonds. The van der Waals surface area contributed by atoms with Crippen molar-refractivity contribution >= 4 is 38.9 Å². The van der Waals surface area contributed by atoms with Crippen LogP contribution in [0.15, 0.2) is 231 Å². The minimum Gasteiger partial charge on any atom is -0.309 e. The van der Waals surface area contributed by atoms with Crippen LogP contribution >= 0.6 is 0 Å². The lowest BCUT2D eigenvalue weighted by atomic mass is 9.95. The Balaban J connectivity index is 1.25. The Morgan fingerprint density at radius 3 is 1.48 bits per heavy atom. The van der Waals surface area contributed by atoms with Gasteiger partial charge in [-0.3, -0.25) is 0 Å². The van der Waals surface area contributed by atoms with Crippen LogP contribution in [0.2, 0.25) is 0 Å². The predicted octanol–water partition coefficient (Wildman–Crippen LogP) is 14.9. The maximum Gasteiger partial charge on any atom is 0.0561 e. The van der Waals surface area contributed by atoms with Crippen LogP contribution in [0.3, 0.4) is 0 Å². The highest BCUT2D eigenvalue weighted by molar-refractivity contribution is 6.11. The first kappa shape index (κ1) is 33.2. The van der Waals surface area contributed by atoms with Crippen molar-refractivity contribution in [1.82, 2.24) is 4.57 Å². The molecule has 0 radical (unpaired) electrons. The zero-order valence-electron chi connectivity index (χ0n) is 30.8. The van der Waals surface area contributed by atoms with Crippen molar-refractivity contribution in [3.8, 4) is 50.2 Å². The summed E-state index contributed by atoms with van der Waals surface area (Å²) in [6, 6.07) is 83.2. The average Bonchev–Trinajstić information content (AvgIpc) is 3.61. The predicted molar refractivity (Wildman–Crippen MR) is 237 cm³/mol. The largest absolute Gasteiger partial charge is 0.309 e. The molecule has 0 aliphatic heterocycles. The Hall–Kier alpha value is -7.42. The molecule has 2 heteroatoms. The highest BCUT2D eigenvalue weighted by Gasteiger charge is 2.23. The van der Waals surface area contributed by atoms with Crippen molar-refractivity contribution in [2.45, 2.75) is 0 Å². The minimum absolute atomic E-state index is 1.08. The molecule has 2 nitrogen and oxygen atoms in total. The van der Waals surface area contributed by atoms with E-state index >= 15 is 0 Å². The van der Waals surface area contributed by atoms with Crippen molar-refractivity contribution in [3.05, 3.63) is 231 Å². The second-order valence-electron chi connectivity index (χ2n) is 14.1. The van der Waals surface area contributed by atoms with Crippen molar-refractivity contribution in [2.24, 2.45) is 0 Å². The Labute approximate surface area is 327 Å². The Kier molecular flexibility index (Phi) is 8.55. The summed E-state index contributed by atoms with van der Waals surface area (Å²) in [6.07, 6.45) is 0. The van der Waals surface area contributed by atoms with Crippen LogP contribution in [-0.4, -0.2) is 4.57 Å². The Morgan fingerprint density at radius 2 is 0.768 bits per heavy atom. The third-order valence-electron chi connectivity index (χ3n) is 10.8. The molecule has 0 aliphatic carbocycles. The van der Waals surface area contributed by atoms with Gasteiger partial charge in [-0.25, -0.2) is 0 Å². The van der Waals surface area contributed by atoms with Gasteiger partial charge in [0.05, 0.1) is 22.4 Å². The quantitative estimate of drug-likeness (QED) is 0.152. The van der Waals surface area contributed by atoms with Gasteiger partial charge in [0.25, 0.3) is 0 Å². The van der Waals surface area contributed by atoms with Crippen LogP contribution < -0.4 is 4.90 Å². The number of aromatic nitrogens is 1. The highest BCUT2D eigenvalue weighted by Crippen LogP contribution is 2.47. The lowest BCUT2D eigenvalue weighted by molar-refractivity contribution is 1.18. The van der Waals surface area contributed by atoms with Crippen molar-refractivity contribution in [3.63, 3.8) is 0 Å². The zero-order valence-corrected chi connectivity index (χ0v) is 30.8. The van der Waals surface area contributed by atoms with E-state index in [1.165, 1.54) is 33.0 Å². The molecule has 0 saturated heterocycles. The van der Waals surface area contributed by atoms with Gasteiger partial charge in [-0.1, -0.05) is 188 Å². The molecule has 10 rings (SSSR count). The third-order valence-corrected chi connectivity index (χ3v) is 10.8. The van der Waals surface area contributed by atoms with Crippen LogP contribution in [0.25, 0.3) is 72.0 Å². The Morgan fingerprint density at radius 1 is 0.286 bits per heavy atom. The molecule has 9 aromatic carbocycles. The van der Waals surface area contributed by atoms with E-state index in [9.17, 15) is 0 Å². The lowest BCUT2D eigenvalue weighted by Crippen LogP contribution is -2.13. The lowest BCUT2D eigenvalue weighted by Gasteiger charge is -2.30. The van der Waals surface area contributed by atoms with Gasteiger partial charge >= 0.3 is 0 Å². The van der Waals surface area contributed by atoms with Crippen LogP contribution in [0.5, 0.6) is 0 Å². The number of anilines is 3. The first-order valence-electron chi connectivity index (χ1n) is 19.2. The van der Waals surface area contributed by atoms with Crippen LogP contribution in [0.4, 0.5) is 17.1 Å². The van der Waals surface area contributed by atoms with Gasteiger partial charge in [-0.15, -0.1) is 0 Å². The van der Waals surface area contributed by atoms with Gasteiger partial charge < -0.3 is 9.47 Å². The van der Waals surface area contributed by atoms with Gasteiger partial charge in [0.2, 0.25) is 0 Å². The van der Waals surface area contributed by atoms with Crippen molar-refractivity contribution in [1.29, 1.82) is 0 Å². The number of rotatable bonds is 8. The smallest absolute Gasteiger partial charge is 0.0561 e. The summed E-state index contributed by atoms with van der Waals surface area (Å²) in [7, 11) is 0. The normalized spacial score (nSPS) is 11.2. The fraction of sp³-hybridized carbons (Fsp3) is 0. The number of fused-ring (bicyclic) bond motifs is 3. The van der Waals surface area contributed by atoms with Gasteiger partial charge in [0, 0.05) is 33.3 Å². The van der Waals surface area contributed by atoms with Gasteiger partial charge in [0.1, 0.15) is 0 Å². The molecule has 1 heterocycles. The van der Waals surface area contributed by atoms with E-state index in [2.05, 4.69) is 240 Å². The van der Waals surface area contributed by atoms with E-state index in [0.717, 1.165) is 56.1 Å². The molecule has 0 N–H and O–H groups in total. The van der Waals surface area contributed by atoms with E-state index in [-0.39, 0.29) is 0 Å². The molecule has 0 bridgehead atoms. The highest BCUT2D eigenvalue weighted by atomic mass is 15.1. The van der Waals surface area contributed by atoms with Gasteiger partial charge in [-0.05, 0) is 75.8 Å². The number of benzene rings is 9. The topological polar surface area (TPSA) is 8.17 Å². The number of para-hydroxylation sites is 3. The van der Waals surface area contributed by atoms with E-state index in [0.29, 0.717) is 0 Å². The van der Waals surface area contributed by atoms with E-state index in [1.807, 2.05) is 0 Å². The summed E-state index contributed by atoms with van der Waals surface area (Å²) < 4.78 is 2.40.